The highest BCUT2D eigenvalue weighted by atomic mass is 16.6. The molecule has 1 aromatic rings. The molecule has 0 bridgehead atoms. The fourth-order valence-electron chi connectivity index (χ4n) is 4.55. The lowest BCUT2D eigenvalue weighted by molar-refractivity contribution is -0.148. The van der Waals surface area contributed by atoms with Gasteiger partial charge in [-0.15, -0.1) is 0 Å². The monoisotopic (exact) mass is 441 g/mol. The van der Waals surface area contributed by atoms with Crippen LogP contribution in [0.3, 0.4) is 0 Å². The Morgan fingerprint density at radius 1 is 1.09 bits per heavy atom. The van der Waals surface area contributed by atoms with Crippen LogP contribution in [-0.4, -0.2) is 55.3 Å². The van der Waals surface area contributed by atoms with E-state index in [0.717, 1.165) is 44.5 Å². The van der Waals surface area contributed by atoms with Gasteiger partial charge in [0.1, 0.15) is 5.60 Å². The highest BCUT2D eigenvalue weighted by Gasteiger charge is 2.31. The van der Waals surface area contributed by atoms with E-state index in [-0.39, 0.29) is 18.0 Å². The molecule has 0 spiro atoms. The van der Waals surface area contributed by atoms with Crippen LogP contribution in [0.2, 0.25) is 0 Å². The number of nitrogens with zero attached hydrogens (tertiary/aromatic N) is 3. The van der Waals surface area contributed by atoms with E-state index in [0.29, 0.717) is 31.2 Å². The summed E-state index contributed by atoms with van der Waals surface area (Å²) in [5.74, 6) is 0.165. The van der Waals surface area contributed by atoms with Gasteiger partial charge in [0.25, 0.3) is 0 Å². The Kier molecular flexibility index (Phi) is 7.65. The van der Waals surface area contributed by atoms with Crippen molar-refractivity contribution in [2.75, 3.05) is 37.7 Å². The van der Waals surface area contributed by atoms with Crippen LogP contribution in [0.5, 0.6) is 0 Å². The highest BCUT2D eigenvalue weighted by molar-refractivity contribution is 5.73. The lowest BCUT2D eigenvalue weighted by Gasteiger charge is -2.37. The number of hydrogen-bond donors (Lipinski definition) is 0. The molecule has 7 nitrogen and oxygen atoms in total. The Morgan fingerprint density at radius 2 is 1.75 bits per heavy atom. The zero-order chi connectivity index (χ0) is 23.3. The second-order valence-corrected chi connectivity index (χ2v) is 9.64. The standard InChI is InChI=1S/C25H35N3O4/c1-5-31-23(29)20-10-12-27(13-11-20)22-16-18(17-26)6-7-21(22)19-8-14-28(15-9-19)24(30)32-25(2,3)4/h6-7,16,19-20H,5,8-15H2,1-4H3. The SMILES string of the molecule is CCOC(=O)C1CCN(c2cc(C#N)ccc2C2CCN(C(=O)OC(C)(C)C)CC2)CC1. The number of benzene rings is 1. The molecule has 32 heavy (non-hydrogen) atoms. The van der Waals surface area contributed by atoms with Crippen molar-refractivity contribution in [2.24, 2.45) is 5.92 Å². The fourth-order valence-corrected chi connectivity index (χ4v) is 4.55. The van der Waals surface area contributed by atoms with Gasteiger partial charge in [0.15, 0.2) is 0 Å². The molecule has 7 heteroatoms. The zero-order valence-corrected chi connectivity index (χ0v) is 19.7. The number of esters is 1. The summed E-state index contributed by atoms with van der Waals surface area (Å²) in [7, 11) is 0. The van der Waals surface area contributed by atoms with Gasteiger partial charge in [0.2, 0.25) is 0 Å². The molecule has 174 valence electrons. The number of rotatable bonds is 4. The van der Waals surface area contributed by atoms with Gasteiger partial charge in [-0.05, 0) is 77.0 Å². The molecule has 2 fully saturated rings. The molecule has 2 aliphatic rings. The number of piperidine rings is 2. The number of anilines is 1. The van der Waals surface area contributed by atoms with Crippen LogP contribution in [0.4, 0.5) is 10.5 Å². The molecular formula is C25H35N3O4. The Hall–Kier alpha value is -2.75. The molecule has 0 aromatic heterocycles. The van der Waals surface area contributed by atoms with E-state index >= 15 is 0 Å². The molecule has 1 amide bonds. The van der Waals surface area contributed by atoms with Crippen LogP contribution < -0.4 is 4.90 Å². The lowest BCUT2D eigenvalue weighted by atomic mass is 9.86. The van der Waals surface area contributed by atoms with E-state index in [1.54, 1.807) is 4.90 Å². The summed E-state index contributed by atoms with van der Waals surface area (Å²) in [5, 5.41) is 9.44. The van der Waals surface area contributed by atoms with Gasteiger partial charge in [-0.3, -0.25) is 4.79 Å². The average molecular weight is 442 g/mol. The molecule has 3 rings (SSSR count). The van der Waals surface area contributed by atoms with E-state index in [2.05, 4.69) is 17.0 Å². The predicted molar refractivity (Wildman–Crippen MR) is 123 cm³/mol. The van der Waals surface area contributed by atoms with Crippen LogP contribution in [-0.2, 0) is 14.3 Å². The Balaban J connectivity index is 1.69. The third-order valence-corrected chi connectivity index (χ3v) is 6.20. The van der Waals surface area contributed by atoms with Gasteiger partial charge in [0.05, 0.1) is 24.2 Å². The molecule has 1 aromatic carbocycles. The molecule has 0 aliphatic carbocycles. The summed E-state index contributed by atoms with van der Waals surface area (Å²) >= 11 is 0. The maximum Gasteiger partial charge on any atom is 0.410 e. The minimum Gasteiger partial charge on any atom is -0.466 e. The van der Waals surface area contributed by atoms with Crippen molar-refractivity contribution in [2.45, 2.75) is 64.9 Å². The molecule has 0 saturated carbocycles. The first kappa shape index (κ1) is 23.9. The molecule has 0 N–H and O–H groups in total. The van der Waals surface area contributed by atoms with Gasteiger partial charge < -0.3 is 19.3 Å². The van der Waals surface area contributed by atoms with Gasteiger partial charge in [-0.25, -0.2) is 4.79 Å². The van der Waals surface area contributed by atoms with E-state index in [1.807, 2.05) is 39.8 Å². The smallest absolute Gasteiger partial charge is 0.410 e. The first-order chi connectivity index (χ1) is 15.2. The minimum absolute atomic E-state index is 0.0501. The summed E-state index contributed by atoms with van der Waals surface area (Å²) in [6.07, 6.45) is 2.98. The molecular weight excluding hydrogens is 406 g/mol. The second-order valence-electron chi connectivity index (χ2n) is 9.64. The highest BCUT2D eigenvalue weighted by Crippen LogP contribution is 2.37. The quantitative estimate of drug-likeness (QED) is 0.642. The normalized spacial score (nSPS) is 18.2. The average Bonchev–Trinajstić information content (AvgIpc) is 2.78. The van der Waals surface area contributed by atoms with Crippen molar-refractivity contribution in [3.8, 4) is 6.07 Å². The van der Waals surface area contributed by atoms with Gasteiger partial charge in [-0.2, -0.15) is 5.26 Å². The molecule has 2 saturated heterocycles. The third kappa shape index (κ3) is 5.93. The minimum atomic E-state index is -0.496. The second kappa shape index (κ2) is 10.2. The Morgan fingerprint density at radius 3 is 2.31 bits per heavy atom. The van der Waals surface area contributed by atoms with Gasteiger partial charge in [0, 0.05) is 31.9 Å². The number of amides is 1. The Bertz CT molecular complexity index is 855. The summed E-state index contributed by atoms with van der Waals surface area (Å²) in [4.78, 5) is 28.6. The molecule has 0 radical (unpaired) electrons. The Labute approximate surface area is 191 Å². The predicted octanol–water partition coefficient (Wildman–Crippen LogP) is 4.45. The summed E-state index contributed by atoms with van der Waals surface area (Å²) in [5.41, 5.74) is 2.45. The van der Waals surface area contributed by atoms with Gasteiger partial charge >= 0.3 is 12.1 Å². The van der Waals surface area contributed by atoms with E-state index in [4.69, 9.17) is 9.47 Å². The van der Waals surface area contributed by atoms with Crippen molar-refractivity contribution in [1.29, 1.82) is 5.26 Å². The molecule has 0 atom stereocenters. The van der Waals surface area contributed by atoms with Gasteiger partial charge in [-0.1, -0.05) is 6.07 Å². The number of nitriles is 1. The molecule has 2 aliphatic heterocycles. The third-order valence-electron chi connectivity index (χ3n) is 6.20. The first-order valence-electron chi connectivity index (χ1n) is 11.7. The van der Waals surface area contributed by atoms with Crippen molar-refractivity contribution in [3.63, 3.8) is 0 Å². The maximum atomic E-state index is 12.4. The number of carbonyl (C=O) groups excluding carboxylic acids is 2. The van der Waals surface area contributed by atoms with E-state index in [9.17, 15) is 14.9 Å². The molecule has 0 unspecified atom stereocenters. The fraction of sp³-hybridized carbons (Fsp3) is 0.640. The first-order valence-corrected chi connectivity index (χ1v) is 11.7. The van der Waals surface area contributed by atoms with E-state index < -0.39 is 5.60 Å². The summed E-state index contributed by atoms with van der Waals surface area (Å²) in [6.45, 7) is 10.7. The maximum absolute atomic E-state index is 12.4. The molecule has 2 heterocycles. The largest absolute Gasteiger partial charge is 0.466 e. The number of likely N-dealkylation sites (tertiary alicyclic amines) is 1. The van der Waals surface area contributed by atoms with Crippen LogP contribution in [0.1, 0.15) is 70.4 Å². The topological polar surface area (TPSA) is 82.9 Å². The number of ether oxygens (including phenoxy) is 2. The summed E-state index contributed by atoms with van der Waals surface area (Å²) in [6, 6.07) is 8.17. The summed E-state index contributed by atoms with van der Waals surface area (Å²) < 4.78 is 10.7. The number of carbonyl (C=O) groups is 2. The van der Waals surface area contributed by atoms with E-state index in [1.165, 1.54) is 5.56 Å². The number of hydrogen-bond acceptors (Lipinski definition) is 6. The van der Waals surface area contributed by atoms with Crippen LogP contribution in [0.25, 0.3) is 0 Å². The van der Waals surface area contributed by atoms with Crippen molar-refractivity contribution in [3.05, 3.63) is 29.3 Å². The van der Waals surface area contributed by atoms with Crippen molar-refractivity contribution in [1.82, 2.24) is 4.90 Å². The lowest BCUT2D eigenvalue weighted by Crippen LogP contribution is -2.41. The van der Waals surface area contributed by atoms with Crippen molar-refractivity contribution >= 4 is 17.7 Å². The van der Waals surface area contributed by atoms with Crippen molar-refractivity contribution < 1.29 is 19.1 Å². The van der Waals surface area contributed by atoms with Crippen LogP contribution in [0.15, 0.2) is 18.2 Å². The van der Waals surface area contributed by atoms with Crippen LogP contribution >= 0.6 is 0 Å². The van der Waals surface area contributed by atoms with Crippen LogP contribution in [0, 0.1) is 17.2 Å². The zero-order valence-electron chi connectivity index (χ0n) is 19.7.